The summed E-state index contributed by atoms with van der Waals surface area (Å²) in [5.41, 5.74) is 0.910. The van der Waals surface area contributed by atoms with Crippen molar-refractivity contribution in [1.82, 2.24) is 0 Å². The standard InChI is InChI=1S/C13H19NO2S/c1-11(8-15)9-17-10-13(16)14(2)12-6-4-3-5-7-12/h3-7,11,15H,8-10H2,1-2H3. The molecule has 0 aliphatic heterocycles. The van der Waals surface area contributed by atoms with Crippen LogP contribution in [0.4, 0.5) is 5.69 Å². The van der Waals surface area contributed by atoms with Crippen LogP contribution in [-0.2, 0) is 4.79 Å². The molecule has 1 atom stereocenters. The van der Waals surface area contributed by atoms with Crippen LogP contribution in [0.25, 0.3) is 0 Å². The Balaban J connectivity index is 2.38. The fourth-order valence-electron chi connectivity index (χ4n) is 1.29. The smallest absolute Gasteiger partial charge is 0.236 e. The minimum Gasteiger partial charge on any atom is -0.396 e. The quantitative estimate of drug-likeness (QED) is 0.843. The van der Waals surface area contributed by atoms with E-state index in [2.05, 4.69) is 0 Å². The van der Waals surface area contributed by atoms with Crippen LogP contribution in [0.1, 0.15) is 6.92 Å². The van der Waals surface area contributed by atoms with Crippen molar-refractivity contribution in [2.75, 3.05) is 30.1 Å². The van der Waals surface area contributed by atoms with Gasteiger partial charge in [-0.15, -0.1) is 0 Å². The predicted molar refractivity (Wildman–Crippen MR) is 73.4 cm³/mol. The van der Waals surface area contributed by atoms with Gasteiger partial charge in [-0.2, -0.15) is 11.8 Å². The third kappa shape index (κ3) is 4.79. The molecule has 0 saturated carbocycles. The fraction of sp³-hybridized carbons (Fsp3) is 0.462. The molecule has 3 nitrogen and oxygen atoms in total. The van der Waals surface area contributed by atoms with Gasteiger partial charge in [0, 0.05) is 19.3 Å². The summed E-state index contributed by atoms with van der Waals surface area (Å²) < 4.78 is 0. The highest BCUT2D eigenvalue weighted by Crippen LogP contribution is 2.14. The van der Waals surface area contributed by atoms with E-state index in [0.29, 0.717) is 5.75 Å². The summed E-state index contributed by atoms with van der Waals surface area (Å²) in [6.45, 7) is 2.15. The van der Waals surface area contributed by atoms with Crippen molar-refractivity contribution in [2.24, 2.45) is 5.92 Å². The summed E-state index contributed by atoms with van der Waals surface area (Å²) in [5.74, 6) is 1.60. The fourth-order valence-corrected chi connectivity index (χ4v) is 2.29. The molecular weight excluding hydrogens is 234 g/mol. The Kier molecular flexibility index (Phi) is 6.08. The zero-order valence-electron chi connectivity index (χ0n) is 10.3. The van der Waals surface area contributed by atoms with Crippen LogP contribution < -0.4 is 4.90 Å². The van der Waals surface area contributed by atoms with E-state index >= 15 is 0 Å². The van der Waals surface area contributed by atoms with E-state index in [9.17, 15) is 4.79 Å². The first-order valence-electron chi connectivity index (χ1n) is 5.65. The maximum Gasteiger partial charge on any atom is 0.236 e. The van der Waals surface area contributed by atoms with Crippen LogP contribution in [0.3, 0.4) is 0 Å². The molecule has 1 rings (SSSR count). The Morgan fingerprint density at radius 1 is 1.41 bits per heavy atom. The number of benzene rings is 1. The van der Waals surface area contributed by atoms with E-state index in [4.69, 9.17) is 5.11 Å². The first kappa shape index (κ1) is 14.1. The van der Waals surface area contributed by atoms with Crippen LogP contribution in [0, 0.1) is 5.92 Å². The highest BCUT2D eigenvalue weighted by Gasteiger charge is 2.11. The second kappa shape index (κ2) is 7.35. The topological polar surface area (TPSA) is 40.5 Å². The van der Waals surface area contributed by atoms with Crippen LogP contribution in [0.15, 0.2) is 30.3 Å². The van der Waals surface area contributed by atoms with Gasteiger partial charge >= 0.3 is 0 Å². The maximum absolute atomic E-state index is 11.9. The molecule has 94 valence electrons. The Morgan fingerprint density at radius 2 is 2.06 bits per heavy atom. The number of anilines is 1. The summed E-state index contributed by atoms with van der Waals surface area (Å²) in [6.07, 6.45) is 0. The lowest BCUT2D eigenvalue weighted by Crippen LogP contribution is -2.28. The monoisotopic (exact) mass is 253 g/mol. The average molecular weight is 253 g/mol. The van der Waals surface area contributed by atoms with E-state index in [1.807, 2.05) is 37.3 Å². The number of para-hydroxylation sites is 1. The van der Waals surface area contributed by atoms with Gasteiger partial charge in [0.2, 0.25) is 5.91 Å². The summed E-state index contributed by atoms with van der Waals surface area (Å²) in [5, 5.41) is 8.88. The van der Waals surface area contributed by atoms with E-state index in [-0.39, 0.29) is 18.4 Å². The van der Waals surface area contributed by atoms with Crippen molar-refractivity contribution in [3.8, 4) is 0 Å². The highest BCUT2D eigenvalue weighted by molar-refractivity contribution is 7.99. The molecule has 0 aromatic heterocycles. The van der Waals surface area contributed by atoms with E-state index in [1.54, 1.807) is 23.7 Å². The number of carbonyl (C=O) groups is 1. The number of rotatable bonds is 6. The minimum atomic E-state index is 0.0892. The second-order valence-electron chi connectivity index (χ2n) is 4.09. The first-order chi connectivity index (χ1) is 8.15. The number of thioether (sulfide) groups is 1. The first-order valence-corrected chi connectivity index (χ1v) is 6.80. The van der Waals surface area contributed by atoms with Crippen LogP contribution in [0.5, 0.6) is 0 Å². The molecule has 17 heavy (non-hydrogen) atoms. The summed E-state index contributed by atoms with van der Waals surface area (Å²) in [4.78, 5) is 13.5. The highest BCUT2D eigenvalue weighted by atomic mass is 32.2. The molecule has 4 heteroatoms. The van der Waals surface area contributed by atoms with E-state index in [1.165, 1.54) is 0 Å². The molecule has 0 radical (unpaired) electrons. The summed E-state index contributed by atoms with van der Waals surface area (Å²) in [7, 11) is 1.79. The van der Waals surface area contributed by atoms with Crippen molar-refractivity contribution < 1.29 is 9.90 Å². The van der Waals surface area contributed by atoms with Gasteiger partial charge in [-0.1, -0.05) is 25.1 Å². The Bertz CT molecular complexity index is 343. The van der Waals surface area contributed by atoms with E-state index in [0.717, 1.165) is 11.4 Å². The molecule has 1 amide bonds. The van der Waals surface area contributed by atoms with Gasteiger partial charge in [0.15, 0.2) is 0 Å². The molecule has 0 spiro atoms. The number of nitrogens with zero attached hydrogens (tertiary/aromatic N) is 1. The van der Waals surface area contributed by atoms with Gasteiger partial charge < -0.3 is 10.0 Å². The normalized spacial score (nSPS) is 12.2. The molecule has 0 heterocycles. The van der Waals surface area contributed by atoms with Gasteiger partial charge in [-0.3, -0.25) is 4.79 Å². The molecular formula is C13H19NO2S. The van der Waals surface area contributed by atoms with Gasteiger partial charge in [0.1, 0.15) is 0 Å². The Morgan fingerprint density at radius 3 is 2.65 bits per heavy atom. The molecule has 0 bridgehead atoms. The van der Waals surface area contributed by atoms with Crippen LogP contribution >= 0.6 is 11.8 Å². The molecule has 1 aromatic carbocycles. The van der Waals surface area contributed by atoms with Crippen molar-refractivity contribution >= 4 is 23.4 Å². The molecule has 1 unspecified atom stereocenters. The zero-order chi connectivity index (χ0) is 12.7. The maximum atomic E-state index is 11.9. The van der Waals surface area contributed by atoms with Gasteiger partial charge in [0.05, 0.1) is 5.75 Å². The van der Waals surface area contributed by atoms with E-state index < -0.39 is 0 Å². The van der Waals surface area contributed by atoms with Crippen molar-refractivity contribution in [3.05, 3.63) is 30.3 Å². The van der Waals surface area contributed by atoms with Crippen molar-refractivity contribution in [1.29, 1.82) is 0 Å². The van der Waals surface area contributed by atoms with Crippen molar-refractivity contribution in [2.45, 2.75) is 6.92 Å². The number of aliphatic hydroxyl groups excluding tert-OH is 1. The Labute approximate surface area is 107 Å². The van der Waals surface area contributed by atoms with Gasteiger partial charge in [-0.25, -0.2) is 0 Å². The predicted octanol–water partition coefficient (Wildman–Crippen LogP) is 2.01. The SMILES string of the molecule is CC(CO)CSCC(=O)N(C)c1ccccc1. The third-order valence-electron chi connectivity index (χ3n) is 2.46. The summed E-state index contributed by atoms with van der Waals surface area (Å²) >= 11 is 1.57. The number of hydrogen-bond acceptors (Lipinski definition) is 3. The second-order valence-corrected chi connectivity index (χ2v) is 5.12. The number of aliphatic hydroxyl groups is 1. The largest absolute Gasteiger partial charge is 0.396 e. The van der Waals surface area contributed by atoms with Crippen LogP contribution in [-0.4, -0.2) is 36.2 Å². The van der Waals surface area contributed by atoms with Gasteiger partial charge in [-0.05, 0) is 23.8 Å². The molecule has 0 aliphatic carbocycles. The third-order valence-corrected chi connectivity index (χ3v) is 3.71. The average Bonchev–Trinajstić information content (AvgIpc) is 2.38. The number of hydrogen-bond donors (Lipinski definition) is 1. The number of carbonyl (C=O) groups excluding carboxylic acids is 1. The molecule has 0 aliphatic rings. The zero-order valence-corrected chi connectivity index (χ0v) is 11.1. The van der Waals surface area contributed by atoms with Crippen LogP contribution in [0.2, 0.25) is 0 Å². The lowest BCUT2D eigenvalue weighted by Gasteiger charge is -2.17. The molecule has 1 N–H and O–H groups in total. The molecule has 0 fully saturated rings. The lowest BCUT2D eigenvalue weighted by atomic mass is 10.2. The van der Waals surface area contributed by atoms with Gasteiger partial charge in [0.25, 0.3) is 0 Å². The molecule has 1 aromatic rings. The minimum absolute atomic E-state index is 0.0892. The van der Waals surface area contributed by atoms with Crippen molar-refractivity contribution in [3.63, 3.8) is 0 Å². The number of amides is 1. The Hall–Kier alpha value is -1.00. The lowest BCUT2D eigenvalue weighted by molar-refractivity contribution is -0.115. The molecule has 0 saturated heterocycles. The summed E-state index contributed by atoms with van der Waals surface area (Å²) in [6, 6.07) is 9.59.